The number of carbonyl (C=O) groups excluding carboxylic acids is 1. The molecule has 1 atom stereocenters. The van der Waals surface area contributed by atoms with Crippen LogP contribution < -0.4 is 5.32 Å². The number of nitrogens with one attached hydrogen (secondary N) is 1. The van der Waals surface area contributed by atoms with Gasteiger partial charge in [-0.3, -0.25) is 5.32 Å². The van der Waals surface area contributed by atoms with Gasteiger partial charge in [-0.15, -0.1) is 0 Å². The van der Waals surface area contributed by atoms with Gasteiger partial charge in [-0.2, -0.15) is 0 Å². The lowest BCUT2D eigenvalue weighted by atomic mass is 9.91. The summed E-state index contributed by atoms with van der Waals surface area (Å²) >= 11 is 0. The number of esters is 1. The van der Waals surface area contributed by atoms with Gasteiger partial charge in [-0.25, -0.2) is 4.79 Å². The van der Waals surface area contributed by atoms with Crippen molar-refractivity contribution in [3.63, 3.8) is 0 Å². The monoisotopic (exact) mass is 295 g/mol. The minimum atomic E-state index is -0.873. The van der Waals surface area contributed by atoms with Gasteiger partial charge in [0.15, 0.2) is 0 Å². The Labute approximate surface area is 131 Å². The van der Waals surface area contributed by atoms with E-state index in [9.17, 15) is 4.79 Å². The van der Waals surface area contributed by atoms with Crippen LogP contribution in [0.2, 0.25) is 0 Å². The molecule has 1 N–H and O–H groups in total. The van der Waals surface area contributed by atoms with Crippen molar-refractivity contribution < 1.29 is 9.53 Å². The standard InChI is InChI=1S/C19H21NO2/c1-4-11-20-19(15-10-9-13(2)14(3)12-15)17-8-6-5-7-16(17)18(21)22-19/h5-10,12,20H,4,11H2,1-3H3. The summed E-state index contributed by atoms with van der Waals surface area (Å²) in [7, 11) is 0. The van der Waals surface area contributed by atoms with Gasteiger partial charge in [0.25, 0.3) is 0 Å². The SMILES string of the molecule is CCCNC1(c2ccc(C)c(C)c2)OC(=O)c2ccccc21. The van der Waals surface area contributed by atoms with E-state index < -0.39 is 5.72 Å². The molecule has 0 amide bonds. The summed E-state index contributed by atoms with van der Waals surface area (Å²) in [4.78, 5) is 12.3. The van der Waals surface area contributed by atoms with Crippen molar-refractivity contribution in [2.45, 2.75) is 32.9 Å². The fourth-order valence-electron chi connectivity index (χ4n) is 2.93. The van der Waals surface area contributed by atoms with E-state index in [0.29, 0.717) is 5.56 Å². The number of hydrogen-bond donors (Lipinski definition) is 1. The minimum absolute atomic E-state index is 0.266. The quantitative estimate of drug-likeness (QED) is 0.875. The van der Waals surface area contributed by atoms with Crippen LogP contribution in [-0.2, 0) is 10.5 Å². The number of rotatable bonds is 4. The zero-order chi connectivity index (χ0) is 15.7. The molecule has 1 aliphatic rings. The maximum Gasteiger partial charge on any atom is 0.340 e. The van der Waals surface area contributed by atoms with Gasteiger partial charge in [0.2, 0.25) is 5.72 Å². The lowest BCUT2D eigenvalue weighted by Crippen LogP contribution is -2.44. The lowest BCUT2D eigenvalue weighted by Gasteiger charge is -2.31. The molecule has 114 valence electrons. The molecule has 2 aromatic carbocycles. The Morgan fingerprint density at radius 1 is 1.09 bits per heavy atom. The third-order valence-electron chi connectivity index (χ3n) is 4.31. The molecule has 2 aromatic rings. The molecule has 0 radical (unpaired) electrons. The number of carbonyl (C=O) groups is 1. The highest BCUT2D eigenvalue weighted by Crippen LogP contribution is 2.40. The number of cyclic esters (lactones) is 1. The van der Waals surface area contributed by atoms with Gasteiger partial charge in [0, 0.05) is 11.1 Å². The number of fused-ring (bicyclic) bond motifs is 1. The molecule has 1 unspecified atom stereocenters. The maximum atomic E-state index is 12.3. The third-order valence-corrected chi connectivity index (χ3v) is 4.31. The van der Waals surface area contributed by atoms with Crippen LogP contribution in [0.1, 0.15) is 46.0 Å². The molecule has 0 aromatic heterocycles. The molecule has 3 heteroatoms. The molecule has 0 aliphatic carbocycles. The average molecular weight is 295 g/mol. The van der Waals surface area contributed by atoms with Crippen molar-refractivity contribution in [2.24, 2.45) is 0 Å². The Bertz CT molecular complexity index is 723. The van der Waals surface area contributed by atoms with Gasteiger partial charge in [-0.1, -0.05) is 43.3 Å². The van der Waals surface area contributed by atoms with Crippen molar-refractivity contribution in [3.05, 3.63) is 70.3 Å². The molecule has 3 nitrogen and oxygen atoms in total. The lowest BCUT2D eigenvalue weighted by molar-refractivity contribution is -0.00468. The Kier molecular flexibility index (Phi) is 3.75. The first-order valence-corrected chi connectivity index (χ1v) is 7.74. The van der Waals surface area contributed by atoms with Gasteiger partial charge >= 0.3 is 5.97 Å². The smallest absolute Gasteiger partial charge is 0.340 e. The van der Waals surface area contributed by atoms with Gasteiger partial charge in [0.05, 0.1) is 5.56 Å². The van der Waals surface area contributed by atoms with E-state index in [1.807, 2.05) is 30.3 Å². The maximum absolute atomic E-state index is 12.3. The second-order valence-corrected chi connectivity index (χ2v) is 5.84. The summed E-state index contributed by atoms with van der Waals surface area (Å²) in [6.07, 6.45) is 0.965. The van der Waals surface area contributed by atoms with Crippen molar-refractivity contribution in [3.8, 4) is 0 Å². The highest BCUT2D eigenvalue weighted by molar-refractivity contribution is 5.95. The first-order chi connectivity index (χ1) is 10.6. The zero-order valence-electron chi connectivity index (χ0n) is 13.3. The molecular weight excluding hydrogens is 274 g/mol. The van der Waals surface area contributed by atoms with Crippen molar-refractivity contribution >= 4 is 5.97 Å². The van der Waals surface area contributed by atoms with E-state index in [-0.39, 0.29) is 5.97 Å². The number of aryl methyl sites for hydroxylation is 2. The van der Waals surface area contributed by atoms with Crippen molar-refractivity contribution in [1.82, 2.24) is 5.32 Å². The number of hydrogen-bond acceptors (Lipinski definition) is 3. The largest absolute Gasteiger partial charge is 0.431 e. The first-order valence-electron chi connectivity index (χ1n) is 7.74. The first kappa shape index (κ1) is 14.8. The molecule has 0 spiro atoms. The van der Waals surface area contributed by atoms with Crippen LogP contribution in [0.25, 0.3) is 0 Å². The minimum Gasteiger partial charge on any atom is -0.431 e. The van der Waals surface area contributed by atoms with Crippen LogP contribution in [0, 0.1) is 13.8 Å². The predicted molar refractivity (Wildman–Crippen MR) is 86.8 cm³/mol. The summed E-state index contributed by atoms with van der Waals surface area (Å²) in [6.45, 7) is 7.03. The van der Waals surface area contributed by atoms with Crippen LogP contribution in [0.5, 0.6) is 0 Å². The predicted octanol–water partition coefficient (Wildman–Crippen LogP) is 3.67. The topological polar surface area (TPSA) is 38.3 Å². The third kappa shape index (κ3) is 2.22. The van der Waals surface area contributed by atoms with Crippen LogP contribution in [0.4, 0.5) is 0 Å². The van der Waals surface area contributed by atoms with E-state index in [2.05, 4.69) is 38.2 Å². The Morgan fingerprint density at radius 2 is 1.86 bits per heavy atom. The summed E-state index contributed by atoms with van der Waals surface area (Å²) in [5.41, 5.74) is 4.06. The van der Waals surface area contributed by atoms with E-state index in [1.54, 1.807) is 0 Å². The molecule has 0 fully saturated rings. The van der Waals surface area contributed by atoms with E-state index in [1.165, 1.54) is 11.1 Å². The summed E-state index contributed by atoms with van der Waals surface area (Å²) in [5, 5.41) is 3.45. The summed E-state index contributed by atoms with van der Waals surface area (Å²) < 4.78 is 5.85. The molecule has 1 aliphatic heterocycles. The Balaban J connectivity index is 2.18. The number of ether oxygens (including phenoxy) is 1. The second kappa shape index (κ2) is 5.58. The molecule has 0 saturated carbocycles. The van der Waals surface area contributed by atoms with E-state index in [0.717, 1.165) is 24.1 Å². The summed E-state index contributed by atoms with van der Waals surface area (Å²) in [6, 6.07) is 13.8. The molecule has 0 bridgehead atoms. The van der Waals surface area contributed by atoms with Gasteiger partial charge in [0.1, 0.15) is 0 Å². The van der Waals surface area contributed by atoms with Crippen LogP contribution in [-0.4, -0.2) is 12.5 Å². The van der Waals surface area contributed by atoms with Crippen LogP contribution in [0.15, 0.2) is 42.5 Å². The fraction of sp³-hybridized carbons (Fsp3) is 0.316. The highest BCUT2D eigenvalue weighted by Gasteiger charge is 2.46. The van der Waals surface area contributed by atoms with Crippen LogP contribution >= 0.6 is 0 Å². The molecular formula is C19H21NO2. The van der Waals surface area contributed by atoms with Gasteiger partial charge in [-0.05, 0) is 44.0 Å². The van der Waals surface area contributed by atoms with Crippen molar-refractivity contribution in [1.29, 1.82) is 0 Å². The fourth-order valence-corrected chi connectivity index (χ4v) is 2.93. The number of benzene rings is 2. The van der Waals surface area contributed by atoms with E-state index in [4.69, 9.17) is 4.74 Å². The molecule has 0 saturated heterocycles. The summed E-state index contributed by atoms with van der Waals surface area (Å²) in [5.74, 6) is -0.266. The van der Waals surface area contributed by atoms with Crippen molar-refractivity contribution in [2.75, 3.05) is 6.54 Å². The normalized spacial score (nSPS) is 19.9. The Morgan fingerprint density at radius 3 is 2.59 bits per heavy atom. The second-order valence-electron chi connectivity index (χ2n) is 5.84. The average Bonchev–Trinajstić information content (AvgIpc) is 2.82. The molecule has 22 heavy (non-hydrogen) atoms. The molecule has 1 heterocycles. The Hall–Kier alpha value is -2.13. The zero-order valence-corrected chi connectivity index (χ0v) is 13.3. The van der Waals surface area contributed by atoms with Gasteiger partial charge < -0.3 is 4.74 Å². The highest BCUT2D eigenvalue weighted by atomic mass is 16.6. The van der Waals surface area contributed by atoms with E-state index >= 15 is 0 Å². The molecule has 3 rings (SSSR count). The van der Waals surface area contributed by atoms with Crippen LogP contribution in [0.3, 0.4) is 0 Å².